The van der Waals surface area contributed by atoms with Gasteiger partial charge in [-0.05, 0) is 17.7 Å². The second-order valence-electron chi connectivity index (χ2n) is 4.34. The molecule has 0 saturated heterocycles. The zero-order chi connectivity index (χ0) is 14.9. The molecule has 5 nitrogen and oxygen atoms in total. The lowest BCUT2D eigenvalue weighted by molar-refractivity contribution is 0.464. The second kappa shape index (κ2) is 5.51. The number of hydrogen-bond donors (Lipinski definition) is 0. The van der Waals surface area contributed by atoms with Crippen LogP contribution in [0.1, 0.15) is 5.56 Å². The van der Waals surface area contributed by atoms with Crippen molar-refractivity contribution in [3.05, 3.63) is 47.1 Å². The smallest absolute Gasteiger partial charge is 0.263 e. The third kappa shape index (κ3) is 2.84. The molecule has 0 atom stereocenters. The Labute approximate surface area is 121 Å². The van der Waals surface area contributed by atoms with Gasteiger partial charge < -0.3 is 4.57 Å². The number of imidazole rings is 1. The van der Waals surface area contributed by atoms with Crippen molar-refractivity contribution in [2.75, 3.05) is 7.05 Å². The normalized spacial score (nSPS) is 12.1. The Morgan fingerprint density at radius 2 is 1.95 bits per heavy atom. The van der Waals surface area contributed by atoms with E-state index in [2.05, 4.69) is 4.98 Å². The minimum absolute atomic E-state index is 0.0518. The van der Waals surface area contributed by atoms with E-state index in [-0.39, 0.29) is 22.5 Å². The van der Waals surface area contributed by atoms with Crippen LogP contribution in [0.25, 0.3) is 0 Å². The molecular formula is C12H13ClFN3O2S. The Bertz CT molecular complexity index is 713. The molecule has 0 fully saturated rings. The molecule has 0 N–H and O–H groups in total. The fourth-order valence-electron chi connectivity index (χ4n) is 1.65. The van der Waals surface area contributed by atoms with Crippen LogP contribution in [-0.4, -0.2) is 29.3 Å². The van der Waals surface area contributed by atoms with Crippen molar-refractivity contribution in [1.82, 2.24) is 13.9 Å². The number of halogens is 2. The highest BCUT2D eigenvalue weighted by Crippen LogP contribution is 2.22. The van der Waals surface area contributed by atoms with E-state index in [1.807, 2.05) is 0 Å². The first-order valence-electron chi connectivity index (χ1n) is 5.70. The lowest BCUT2D eigenvalue weighted by Crippen LogP contribution is -2.27. The van der Waals surface area contributed by atoms with E-state index >= 15 is 0 Å². The fraction of sp³-hybridized carbons (Fsp3) is 0.250. The molecule has 1 heterocycles. The Hall–Kier alpha value is -1.44. The van der Waals surface area contributed by atoms with Crippen LogP contribution in [0.2, 0.25) is 5.15 Å². The molecule has 1 aromatic heterocycles. The summed E-state index contributed by atoms with van der Waals surface area (Å²) in [6.45, 7) is 0.107. The van der Waals surface area contributed by atoms with Crippen LogP contribution in [0.5, 0.6) is 0 Å². The number of benzene rings is 1. The molecule has 0 aliphatic rings. The molecule has 0 bridgehead atoms. The van der Waals surface area contributed by atoms with Crippen LogP contribution in [0, 0.1) is 5.82 Å². The highest BCUT2D eigenvalue weighted by Gasteiger charge is 2.27. The van der Waals surface area contributed by atoms with Gasteiger partial charge in [-0.3, -0.25) is 0 Å². The molecule has 0 radical (unpaired) electrons. The second-order valence-corrected chi connectivity index (χ2v) is 6.66. The molecule has 0 aliphatic heterocycles. The predicted octanol–water partition coefficient (Wildman–Crippen LogP) is 2.03. The average molecular weight is 318 g/mol. The van der Waals surface area contributed by atoms with Gasteiger partial charge in [0.2, 0.25) is 5.03 Å². The third-order valence-electron chi connectivity index (χ3n) is 2.81. The number of sulfonamides is 1. The molecule has 2 rings (SSSR count). The minimum Gasteiger partial charge on any atom is -0.324 e. The molecule has 0 spiro atoms. The van der Waals surface area contributed by atoms with E-state index in [1.54, 1.807) is 7.05 Å². The van der Waals surface area contributed by atoms with Crippen LogP contribution in [0.15, 0.2) is 35.6 Å². The standard InChI is InChI=1S/C12H13ClFN3O2S/c1-16-8-15-12(11(16)13)20(18,19)17(2)7-9-3-5-10(14)6-4-9/h3-6,8H,7H2,1-2H3. The largest absolute Gasteiger partial charge is 0.324 e. The minimum atomic E-state index is -3.78. The van der Waals surface area contributed by atoms with Crippen LogP contribution in [-0.2, 0) is 23.6 Å². The van der Waals surface area contributed by atoms with Crippen molar-refractivity contribution in [3.8, 4) is 0 Å². The van der Waals surface area contributed by atoms with Gasteiger partial charge >= 0.3 is 0 Å². The average Bonchev–Trinajstić information content (AvgIpc) is 2.73. The zero-order valence-electron chi connectivity index (χ0n) is 10.9. The first-order valence-corrected chi connectivity index (χ1v) is 7.52. The predicted molar refractivity (Wildman–Crippen MR) is 73.3 cm³/mol. The Morgan fingerprint density at radius 1 is 1.35 bits per heavy atom. The van der Waals surface area contributed by atoms with Crippen molar-refractivity contribution in [2.24, 2.45) is 7.05 Å². The monoisotopic (exact) mass is 317 g/mol. The molecule has 0 aliphatic carbocycles. The van der Waals surface area contributed by atoms with E-state index in [9.17, 15) is 12.8 Å². The van der Waals surface area contributed by atoms with Crippen molar-refractivity contribution in [1.29, 1.82) is 0 Å². The van der Waals surface area contributed by atoms with Crippen molar-refractivity contribution in [2.45, 2.75) is 11.6 Å². The first-order chi connectivity index (χ1) is 9.32. The quantitative estimate of drug-likeness (QED) is 0.867. The van der Waals surface area contributed by atoms with Gasteiger partial charge in [0.1, 0.15) is 11.0 Å². The molecule has 108 valence electrons. The summed E-state index contributed by atoms with van der Waals surface area (Å²) in [5, 5.41) is -0.137. The molecule has 1 aromatic carbocycles. The van der Waals surface area contributed by atoms with E-state index in [0.717, 1.165) is 4.31 Å². The lowest BCUT2D eigenvalue weighted by atomic mass is 10.2. The summed E-state index contributed by atoms with van der Waals surface area (Å²) in [4.78, 5) is 3.81. The van der Waals surface area contributed by atoms with Gasteiger partial charge in [0, 0.05) is 20.6 Å². The van der Waals surface area contributed by atoms with Gasteiger partial charge in [-0.15, -0.1) is 0 Å². The summed E-state index contributed by atoms with van der Waals surface area (Å²) in [6.07, 6.45) is 1.33. The summed E-state index contributed by atoms with van der Waals surface area (Å²) in [6, 6.07) is 5.62. The van der Waals surface area contributed by atoms with Crippen LogP contribution in [0.3, 0.4) is 0 Å². The Morgan fingerprint density at radius 3 is 2.45 bits per heavy atom. The topological polar surface area (TPSA) is 55.2 Å². The Kier molecular flexibility index (Phi) is 4.12. The van der Waals surface area contributed by atoms with Crippen LogP contribution >= 0.6 is 11.6 Å². The molecule has 0 unspecified atom stereocenters. The molecule has 0 saturated carbocycles. The number of nitrogens with zero attached hydrogens (tertiary/aromatic N) is 3. The van der Waals surface area contributed by atoms with E-state index in [4.69, 9.17) is 11.6 Å². The SMILES string of the molecule is CN(Cc1ccc(F)cc1)S(=O)(=O)c1ncn(C)c1Cl. The van der Waals surface area contributed by atoms with E-state index < -0.39 is 10.0 Å². The van der Waals surface area contributed by atoms with Gasteiger partial charge in [-0.2, -0.15) is 4.31 Å². The molecular weight excluding hydrogens is 305 g/mol. The Balaban J connectivity index is 2.26. The molecule has 20 heavy (non-hydrogen) atoms. The van der Waals surface area contributed by atoms with E-state index in [0.29, 0.717) is 5.56 Å². The highest BCUT2D eigenvalue weighted by molar-refractivity contribution is 7.89. The van der Waals surface area contributed by atoms with Gasteiger partial charge in [0.05, 0.1) is 6.33 Å². The van der Waals surface area contributed by atoms with Crippen molar-refractivity contribution < 1.29 is 12.8 Å². The number of rotatable bonds is 4. The molecule has 8 heteroatoms. The fourth-order valence-corrected chi connectivity index (χ4v) is 3.18. The molecule has 2 aromatic rings. The van der Waals surface area contributed by atoms with Gasteiger partial charge in [-0.25, -0.2) is 17.8 Å². The third-order valence-corrected chi connectivity index (χ3v) is 5.10. The summed E-state index contributed by atoms with van der Waals surface area (Å²) in [7, 11) is -0.756. The van der Waals surface area contributed by atoms with Crippen molar-refractivity contribution >= 4 is 21.6 Å². The summed E-state index contributed by atoms with van der Waals surface area (Å²) in [5.74, 6) is -0.368. The summed E-state index contributed by atoms with van der Waals surface area (Å²) >= 11 is 5.91. The van der Waals surface area contributed by atoms with Crippen molar-refractivity contribution in [3.63, 3.8) is 0 Å². The number of aromatic nitrogens is 2. The number of aryl methyl sites for hydroxylation is 1. The van der Waals surface area contributed by atoms with Crippen LogP contribution < -0.4 is 0 Å². The maximum absolute atomic E-state index is 12.8. The summed E-state index contributed by atoms with van der Waals surface area (Å²) in [5.41, 5.74) is 0.671. The maximum atomic E-state index is 12.8. The zero-order valence-corrected chi connectivity index (χ0v) is 12.5. The highest BCUT2D eigenvalue weighted by atomic mass is 35.5. The molecule has 0 amide bonds. The van der Waals surface area contributed by atoms with Crippen LogP contribution in [0.4, 0.5) is 4.39 Å². The first kappa shape index (κ1) is 15.0. The van der Waals surface area contributed by atoms with E-state index in [1.165, 1.54) is 42.2 Å². The lowest BCUT2D eigenvalue weighted by Gasteiger charge is -2.16. The van der Waals surface area contributed by atoms with Gasteiger partial charge in [0.25, 0.3) is 10.0 Å². The van der Waals surface area contributed by atoms with Gasteiger partial charge in [-0.1, -0.05) is 23.7 Å². The van der Waals surface area contributed by atoms with Gasteiger partial charge in [0.15, 0.2) is 0 Å². The summed E-state index contributed by atoms with van der Waals surface area (Å²) < 4.78 is 40.0. The maximum Gasteiger partial charge on any atom is 0.263 e. The number of hydrogen-bond acceptors (Lipinski definition) is 3.